The number of amides is 1. The van der Waals surface area contributed by atoms with Crippen LogP contribution >= 0.6 is 11.3 Å². The molecule has 19 heavy (non-hydrogen) atoms. The lowest BCUT2D eigenvalue weighted by molar-refractivity contribution is -0.167. The van der Waals surface area contributed by atoms with Gasteiger partial charge in [-0.1, -0.05) is 18.2 Å². The van der Waals surface area contributed by atoms with Gasteiger partial charge in [0, 0.05) is 10.1 Å². The number of hydrogen-bond donors (Lipinski definition) is 2. The molecule has 0 atom stereocenters. The van der Waals surface area contributed by atoms with Crippen molar-refractivity contribution >= 4 is 39.0 Å². The Balaban J connectivity index is 2.54. The molecule has 0 saturated heterocycles. The van der Waals surface area contributed by atoms with Crippen LogP contribution in [0.25, 0.3) is 10.1 Å². The minimum absolute atomic E-state index is 0.266. The number of carbonyl (C=O) groups is 2. The van der Waals surface area contributed by atoms with Crippen molar-refractivity contribution in [3.63, 3.8) is 0 Å². The fraction of sp³-hybridized carbons (Fsp3) is 0.0909. The van der Waals surface area contributed by atoms with E-state index in [0.717, 1.165) is 11.3 Å². The van der Waals surface area contributed by atoms with E-state index in [9.17, 15) is 22.8 Å². The summed E-state index contributed by atoms with van der Waals surface area (Å²) in [5.41, 5.74) is -0.324. The summed E-state index contributed by atoms with van der Waals surface area (Å²) in [6, 6.07) is 6.18. The minimum atomic E-state index is -5.07. The van der Waals surface area contributed by atoms with Crippen LogP contribution in [0, 0.1) is 0 Å². The number of anilines is 1. The van der Waals surface area contributed by atoms with Crippen LogP contribution < -0.4 is 5.32 Å². The monoisotopic (exact) mass is 289 g/mol. The average Bonchev–Trinajstić information content (AvgIpc) is 2.67. The Morgan fingerprint density at radius 2 is 1.84 bits per heavy atom. The molecule has 0 saturated carbocycles. The molecule has 0 fully saturated rings. The van der Waals surface area contributed by atoms with Crippen molar-refractivity contribution in [2.75, 3.05) is 5.32 Å². The van der Waals surface area contributed by atoms with E-state index in [4.69, 9.17) is 5.11 Å². The second kappa shape index (κ2) is 4.54. The van der Waals surface area contributed by atoms with Gasteiger partial charge >= 0.3 is 18.1 Å². The van der Waals surface area contributed by atoms with Crippen LogP contribution in [0.4, 0.5) is 18.9 Å². The van der Waals surface area contributed by atoms with Gasteiger partial charge in [-0.05, 0) is 6.07 Å². The number of carboxylic acid groups (broad SMARTS) is 1. The van der Waals surface area contributed by atoms with E-state index in [2.05, 4.69) is 0 Å². The van der Waals surface area contributed by atoms with Crippen LogP contribution in [0.1, 0.15) is 9.67 Å². The number of carbonyl (C=O) groups excluding carboxylic acids is 1. The lowest BCUT2D eigenvalue weighted by Gasteiger charge is -2.08. The number of hydrogen-bond acceptors (Lipinski definition) is 3. The highest BCUT2D eigenvalue weighted by Gasteiger charge is 2.39. The fourth-order valence-electron chi connectivity index (χ4n) is 1.50. The zero-order valence-corrected chi connectivity index (χ0v) is 9.93. The molecule has 0 aliphatic rings. The van der Waals surface area contributed by atoms with Crippen molar-refractivity contribution in [2.24, 2.45) is 0 Å². The van der Waals surface area contributed by atoms with E-state index in [-0.39, 0.29) is 16.0 Å². The maximum atomic E-state index is 12.2. The van der Waals surface area contributed by atoms with E-state index < -0.39 is 18.1 Å². The normalized spacial score (nSPS) is 11.5. The molecule has 4 nitrogen and oxygen atoms in total. The number of rotatable bonds is 2. The summed E-state index contributed by atoms with van der Waals surface area (Å²) < 4.78 is 37.1. The average molecular weight is 289 g/mol. The zero-order chi connectivity index (χ0) is 14.2. The van der Waals surface area contributed by atoms with Crippen LogP contribution in [0.3, 0.4) is 0 Å². The van der Waals surface area contributed by atoms with E-state index >= 15 is 0 Å². The third-order valence-corrected chi connectivity index (χ3v) is 3.44. The van der Waals surface area contributed by atoms with Crippen molar-refractivity contribution < 1.29 is 27.9 Å². The molecule has 0 aliphatic heterocycles. The van der Waals surface area contributed by atoms with E-state index in [1.807, 2.05) is 0 Å². The van der Waals surface area contributed by atoms with Crippen LogP contribution in [0.5, 0.6) is 0 Å². The predicted molar refractivity (Wildman–Crippen MR) is 63.5 cm³/mol. The molecule has 0 unspecified atom stereocenters. The van der Waals surface area contributed by atoms with E-state index in [1.165, 1.54) is 6.07 Å². The van der Waals surface area contributed by atoms with Crippen molar-refractivity contribution in [3.8, 4) is 0 Å². The highest BCUT2D eigenvalue weighted by Crippen LogP contribution is 2.36. The number of nitrogens with one attached hydrogen (secondary N) is 1. The molecule has 0 bridgehead atoms. The van der Waals surface area contributed by atoms with Gasteiger partial charge in [-0.15, -0.1) is 11.3 Å². The molecular weight excluding hydrogens is 283 g/mol. The highest BCUT2D eigenvalue weighted by molar-refractivity contribution is 7.21. The molecule has 2 N–H and O–H groups in total. The summed E-state index contributed by atoms with van der Waals surface area (Å²) in [4.78, 5) is 21.6. The van der Waals surface area contributed by atoms with Crippen molar-refractivity contribution in [3.05, 3.63) is 29.1 Å². The molecule has 2 aromatic rings. The van der Waals surface area contributed by atoms with Gasteiger partial charge in [-0.3, -0.25) is 4.79 Å². The summed E-state index contributed by atoms with van der Waals surface area (Å²) in [5.74, 6) is -3.59. The number of aromatic carboxylic acids is 1. The second-order valence-corrected chi connectivity index (χ2v) is 4.61. The summed E-state index contributed by atoms with van der Waals surface area (Å²) in [6.45, 7) is 0. The Morgan fingerprint density at radius 1 is 1.21 bits per heavy atom. The summed E-state index contributed by atoms with van der Waals surface area (Å²) in [5, 5.41) is 10.8. The summed E-state index contributed by atoms with van der Waals surface area (Å²) in [6.07, 6.45) is -5.07. The zero-order valence-electron chi connectivity index (χ0n) is 9.12. The van der Waals surface area contributed by atoms with Gasteiger partial charge in [0.25, 0.3) is 0 Å². The SMILES string of the molecule is O=C(O)c1sc2ccccc2c1NC(=O)C(F)(F)F. The number of fused-ring (bicyclic) bond motifs is 1. The maximum Gasteiger partial charge on any atom is 0.471 e. The first kappa shape index (κ1) is 13.3. The Morgan fingerprint density at radius 3 is 2.42 bits per heavy atom. The van der Waals surface area contributed by atoms with Crippen molar-refractivity contribution in [1.82, 2.24) is 0 Å². The molecule has 1 heterocycles. The standard InChI is InChI=1S/C11H6F3NO3S/c12-11(13,14)10(18)15-7-5-3-1-2-4-6(5)19-8(7)9(16)17/h1-4H,(H,15,18)(H,16,17). The molecule has 2 rings (SSSR count). The first-order valence-corrected chi connectivity index (χ1v) is 5.75. The van der Waals surface area contributed by atoms with Crippen LogP contribution in [0.15, 0.2) is 24.3 Å². The third-order valence-electron chi connectivity index (χ3n) is 2.29. The van der Waals surface area contributed by atoms with Gasteiger partial charge in [0.1, 0.15) is 4.88 Å². The van der Waals surface area contributed by atoms with E-state index in [1.54, 1.807) is 23.5 Å². The van der Waals surface area contributed by atoms with Gasteiger partial charge < -0.3 is 10.4 Å². The molecular formula is C11H6F3NO3S. The van der Waals surface area contributed by atoms with Crippen LogP contribution in [-0.4, -0.2) is 23.2 Å². The molecule has 0 radical (unpaired) electrons. The van der Waals surface area contributed by atoms with Crippen molar-refractivity contribution in [2.45, 2.75) is 6.18 Å². The predicted octanol–water partition coefficient (Wildman–Crippen LogP) is 3.10. The number of thiophene rings is 1. The quantitative estimate of drug-likeness (QED) is 0.892. The van der Waals surface area contributed by atoms with Gasteiger partial charge in [-0.2, -0.15) is 13.2 Å². The third kappa shape index (κ3) is 2.53. The number of alkyl halides is 3. The van der Waals surface area contributed by atoms with Gasteiger partial charge in [0.2, 0.25) is 0 Å². The molecule has 0 aliphatic carbocycles. The highest BCUT2D eigenvalue weighted by atomic mass is 32.1. The van der Waals surface area contributed by atoms with Gasteiger partial charge in [0.15, 0.2) is 0 Å². The van der Waals surface area contributed by atoms with Crippen LogP contribution in [0.2, 0.25) is 0 Å². The fourth-order valence-corrected chi connectivity index (χ4v) is 2.50. The maximum absolute atomic E-state index is 12.2. The molecule has 1 aromatic carbocycles. The molecule has 1 amide bonds. The number of carboxylic acids is 1. The van der Waals surface area contributed by atoms with E-state index in [0.29, 0.717) is 4.70 Å². The van der Waals surface area contributed by atoms with Gasteiger partial charge in [0.05, 0.1) is 5.69 Å². The Labute approximate surface area is 108 Å². The first-order valence-electron chi connectivity index (χ1n) is 4.93. The Bertz CT molecular complexity index is 663. The van der Waals surface area contributed by atoms with Crippen molar-refractivity contribution in [1.29, 1.82) is 0 Å². The summed E-state index contributed by atoms with van der Waals surface area (Å²) in [7, 11) is 0. The Kier molecular flexibility index (Phi) is 3.19. The summed E-state index contributed by atoms with van der Waals surface area (Å²) >= 11 is 0.803. The largest absolute Gasteiger partial charge is 0.477 e. The van der Waals surface area contributed by atoms with Crippen LogP contribution in [-0.2, 0) is 4.79 Å². The first-order chi connectivity index (χ1) is 8.80. The minimum Gasteiger partial charge on any atom is -0.477 e. The lowest BCUT2D eigenvalue weighted by atomic mass is 10.2. The number of halogens is 3. The second-order valence-electron chi connectivity index (χ2n) is 3.56. The number of benzene rings is 1. The lowest BCUT2D eigenvalue weighted by Crippen LogP contribution is -2.30. The smallest absolute Gasteiger partial charge is 0.471 e. The molecule has 0 spiro atoms. The Hall–Kier alpha value is -2.09. The molecule has 1 aromatic heterocycles. The van der Waals surface area contributed by atoms with Gasteiger partial charge in [-0.25, -0.2) is 4.79 Å². The molecule has 8 heteroatoms. The molecule has 100 valence electrons. The topological polar surface area (TPSA) is 66.4 Å².